The van der Waals surface area contributed by atoms with Crippen LogP contribution in [0, 0.1) is 0 Å². The summed E-state index contributed by atoms with van der Waals surface area (Å²) in [6, 6.07) is 0. The van der Waals surface area contributed by atoms with Crippen molar-refractivity contribution in [2.24, 2.45) is 0 Å². The first kappa shape index (κ1) is 11.3. The van der Waals surface area contributed by atoms with Gasteiger partial charge in [0.2, 0.25) is 0 Å². The molecular weight excluding hydrogens is 281 g/mol. The number of nitrogens with two attached hydrogens (primary N) is 1. The molecule has 1 rings (SSSR count). The molecule has 1 heterocycles. The van der Waals surface area contributed by atoms with Gasteiger partial charge in [0.05, 0.1) is 21.9 Å². The molecule has 0 aliphatic carbocycles. The zero-order valence-corrected chi connectivity index (χ0v) is 8.94. The summed E-state index contributed by atoms with van der Waals surface area (Å²) < 4.78 is 24.7. The number of carbonyl (C=O) groups is 1. The van der Waals surface area contributed by atoms with Crippen LogP contribution >= 0.6 is 27.5 Å². The Morgan fingerprint density at radius 1 is 1.64 bits per heavy atom. The van der Waals surface area contributed by atoms with E-state index in [9.17, 15) is 13.6 Å². The number of nitrogens with zero attached hydrogens (tertiary/aromatic N) is 1. The molecule has 0 saturated heterocycles. The average Bonchev–Trinajstić information content (AvgIpc) is 2.02. The molecule has 0 aliphatic heterocycles. The molecule has 76 valence electrons. The van der Waals surface area contributed by atoms with Gasteiger partial charge in [-0.05, 0) is 27.5 Å². The Hall–Kier alpha value is -0.750. The number of carbonyl (C=O) groups excluding carboxylic acids is 1. The van der Waals surface area contributed by atoms with E-state index in [2.05, 4.69) is 20.9 Å². The number of alkyl halides is 2. The van der Waals surface area contributed by atoms with Gasteiger partial charge in [-0.1, -0.05) is 0 Å². The van der Waals surface area contributed by atoms with Gasteiger partial charge in [-0.2, -0.15) is 0 Å². The zero-order valence-electron chi connectivity index (χ0n) is 6.60. The van der Waals surface area contributed by atoms with E-state index >= 15 is 0 Å². The lowest BCUT2D eigenvalue weighted by atomic mass is 10.2. The van der Waals surface area contributed by atoms with Crippen molar-refractivity contribution >= 4 is 38.5 Å². The van der Waals surface area contributed by atoms with E-state index in [0.717, 1.165) is 6.20 Å². The molecule has 0 radical (unpaired) electrons. The first-order chi connectivity index (χ1) is 6.45. The Morgan fingerprint density at radius 3 is 2.64 bits per heavy atom. The Kier molecular flexibility index (Phi) is 3.38. The molecule has 0 amide bonds. The van der Waals surface area contributed by atoms with E-state index in [-0.39, 0.29) is 15.9 Å². The van der Waals surface area contributed by atoms with Crippen molar-refractivity contribution in [3.8, 4) is 0 Å². The molecule has 0 aliphatic rings. The molecule has 0 saturated carbocycles. The predicted octanol–water partition coefficient (Wildman–Crippen LogP) is 2.74. The maximum Gasteiger partial charge on any atom is 0.272 e. The van der Waals surface area contributed by atoms with E-state index in [4.69, 9.17) is 17.3 Å². The van der Waals surface area contributed by atoms with Crippen LogP contribution in [0.3, 0.4) is 0 Å². The van der Waals surface area contributed by atoms with Crippen LogP contribution in [-0.2, 0) is 0 Å². The lowest BCUT2D eigenvalue weighted by molar-refractivity contribution is 0.107. The highest BCUT2D eigenvalue weighted by atomic mass is 79.9. The van der Waals surface area contributed by atoms with Crippen molar-refractivity contribution in [1.82, 2.24) is 4.98 Å². The van der Waals surface area contributed by atoms with Crippen LogP contribution in [-0.4, -0.2) is 10.2 Å². The standard InChI is InChI=1S/C7H4BrClF2N2O/c8-4-3(7(10)11)2(12)1-13-5(4)6(9)14/h1,7H,12H2. The Bertz CT molecular complexity index is 386. The molecule has 3 nitrogen and oxygen atoms in total. The molecule has 2 N–H and O–H groups in total. The Labute approximate surface area is 91.4 Å². The Morgan fingerprint density at radius 2 is 2.21 bits per heavy atom. The van der Waals surface area contributed by atoms with Crippen LogP contribution in [0.15, 0.2) is 10.7 Å². The second-order valence-corrected chi connectivity index (χ2v) is 3.50. The fourth-order valence-corrected chi connectivity index (χ4v) is 1.82. The lowest BCUT2D eigenvalue weighted by Crippen LogP contribution is -2.04. The van der Waals surface area contributed by atoms with Gasteiger partial charge in [0.25, 0.3) is 11.7 Å². The Balaban J connectivity index is 3.41. The van der Waals surface area contributed by atoms with Gasteiger partial charge < -0.3 is 5.73 Å². The summed E-state index contributed by atoms with van der Waals surface area (Å²) in [6.45, 7) is 0. The summed E-state index contributed by atoms with van der Waals surface area (Å²) >= 11 is 7.93. The number of halogens is 4. The first-order valence-electron chi connectivity index (χ1n) is 3.37. The van der Waals surface area contributed by atoms with Crippen molar-refractivity contribution in [3.05, 3.63) is 21.9 Å². The topological polar surface area (TPSA) is 56.0 Å². The number of aromatic nitrogens is 1. The number of rotatable bonds is 2. The number of anilines is 1. The van der Waals surface area contributed by atoms with Crippen LogP contribution in [0.2, 0.25) is 0 Å². The molecule has 0 fully saturated rings. The van der Waals surface area contributed by atoms with Crippen LogP contribution < -0.4 is 5.73 Å². The third-order valence-corrected chi connectivity index (χ3v) is 2.47. The number of pyridine rings is 1. The molecule has 1 aromatic heterocycles. The lowest BCUT2D eigenvalue weighted by Gasteiger charge is -2.08. The van der Waals surface area contributed by atoms with Gasteiger partial charge in [-0.3, -0.25) is 4.79 Å². The van der Waals surface area contributed by atoms with Crippen LogP contribution in [0.25, 0.3) is 0 Å². The van der Waals surface area contributed by atoms with Crippen molar-refractivity contribution < 1.29 is 13.6 Å². The summed E-state index contributed by atoms with van der Waals surface area (Å²) in [6.07, 6.45) is -1.82. The molecule has 0 atom stereocenters. The molecule has 0 unspecified atom stereocenters. The van der Waals surface area contributed by atoms with Gasteiger partial charge in [0.15, 0.2) is 0 Å². The summed E-state index contributed by atoms with van der Waals surface area (Å²) in [4.78, 5) is 14.3. The van der Waals surface area contributed by atoms with E-state index in [1.807, 2.05) is 0 Å². The largest absolute Gasteiger partial charge is 0.397 e. The van der Waals surface area contributed by atoms with Crippen LogP contribution in [0.1, 0.15) is 22.5 Å². The van der Waals surface area contributed by atoms with Gasteiger partial charge in [0.1, 0.15) is 5.69 Å². The summed E-state index contributed by atoms with van der Waals surface area (Å²) in [5, 5.41) is -0.918. The highest BCUT2D eigenvalue weighted by molar-refractivity contribution is 9.10. The zero-order chi connectivity index (χ0) is 10.9. The van der Waals surface area contributed by atoms with Crippen molar-refractivity contribution in [1.29, 1.82) is 0 Å². The van der Waals surface area contributed by atoms with Gasteiger partial charge >= 0.3 is 0 Å². The van der Waals surface area contributed by atoms with E-state index in [1.165, 1.54) is 0 Å². The fraction of sp³-hybridized carbons (Fsp3) is 0.143. The SMILES string of the molecule is Nc1cnc(C(=O)Cl)c(Br)c1C(F)F. The van der Waals surface area contributed by atoms with Crippen molar-refractivity contribution in [3.63, 3.8) is 0 Å². The van der Waals surface area contributed by atoms with Gasteiger partial charge in [0, 0.05) is 0 Å². The second-order valence-electron chi connectivity index (χ2n) is 2.36. The number of nitrogen functional groups attached to an aromatic ring is 1. The summed E-state index contributed by atoms with van der Waals surface area (Å²) in [5.41, 5.74) is 4.34. The third kappa shape index (κ3) is 2.01. The van der Waals surface area contributed by atoms with E-state index < -0.39 is 17.2 Å². The quantitative estimate of drug-likeness (QED) is 0.850. The first-order valence-corrected chi connectivity index (χ1v) is 4.54. The van der Waals surface area contributed by atoms with Crippen molar-refractivity contribution in [2.75, 3.05) is 5.73 Å². The predicted molar refractivity (Wildman–Crippen MR) is 51.5 cm³/mol. The average molecular weight is 285 g/mol. The van der Waals surface area contributed by atoms with Crippen LogP contribution in [0.4, 0.5) is 14.5 Å². The normalized spacial score (nSPS) is 10.6. The maximum atomic E-state index is 12.4. The molecule has 7 heteroatoms. The molecule has 0 spiro atoms. The van der Waals surface area contributed by atoms with Crippen molar-refractivity contribution in [2.45, 2.75) is 6.43 Å². The molecule has 0 aromatic carbocycles. The summed E-state index contributed by atoms with van der Waals surface area (Å²) in [7, 11) is 0. The summed E-state index contributed by atoms with van der Waals surface area (Å²) in [5.74, 6) is 0. The highest BCUT2D eigenvalue weighted by Gasteiger charge is 2.21. The second kappa shape index (κ2) is 4.18. The third-order valence-electron chi connectivity index (χ3n) is 1.49. The van der Waals surface area contributed by atoms with E-state index in [0.29, 0.717) is 0 Å². The molecule has 0 bridgehead atoms. The molecule has 14 heavy (non-hydrogen) atoms. The maximum absolute atomic E-state index is 12.4. The molecular formula is C7H4BrClF2N2O. The minimum Gasteiger partial charge on any atom is -0.397 e. The minimum atomic E-state index is -2.79. The van der Waals surface area contributed by atoms with Crippen LogP contribution in [0.5, 0.6) is 0 Å². The van der Waals surface area contributed by atoms with Gasteiger partial charge in [-0.15, -0.1) is 0 Å². The number of hydrogen-bond acceptors (Lipinski definition) is 3. The minimum absolute atomic E-state index is 0.160. The van der Waals surface area contributed by atoms with Gasteiger partial charge in [-0.25, -0.2) is 13.8 Å². The fourth-order valence-electron chi connectivity index (χ4n) is 0.873. The number of hydrogen-bond donors (Lipinski definition) is 1. The van der Waals surface area contributed by atoms with E-state index in [1.54, 1.807) is 0 Å². The molecule has 1 aromatic rings. The smallest absolute Gasteiger partial charge is 0.272 e. The monoisotopic (exact) mass is 284 g/mol. The highest BCUT2D eigenvalue weighted by Crippen LogP contribution is 2.33.